The lowest BCUT2D eigenvalue weighted by Crippen LogP contribution is -2.06. The maximum absolute atomic E-state index is 12.1. The standard InChI is InChI=1S/C17H13N5O4/c1-2-24-17(23)14-13-15(18-9-19-16(13)26-22-14)21-11-5-3-10(4-6-11)12-7-8-20-25-12/h3-9H,2H2,1H3,(H,18,19,21). The predicted molar refractivity (Wildman–Crippen MR) is 90.8 cm³/mol. The van der Waals surface area contributed by atoms with Crippen LogP contribution in [0.15, 0.2) is 51.9 Å². The van der Waals surface area contributed by atoms with Gasteiger partial charge in [0.05, 0.1) is 12.8 Å². The van der Waals surface area contributed by atoms with Crippen LogP contribution in [0.5, 0.6) is 0 Å². The van der Waals surface area contributed by atoms with Crippen LogP contribution in [-0.4, -0.2) is 32.9 Å². The molecule has 4 aromatic rings. The highest BCUT2D eigenvalue weighted by molar-refractivity contribution is 6.05. The molecule has 0 saturated heterocycles. The lowest BCUT2D eigenvalue weighted by atomic mass is 10.1. The van der Waals surface area contributed by atoms with E-state index in [-0.39, 0.29) is 18.0 Å². The zero-order chi connectivity index (χ0) is 17.9. The highest BCUT2D eigenvalue weighted by Gasteiger charge is 2.22. The summed E-state index contributed by atoms with van der Waals surface area (Å²) in [6.07, 6.45) is 2.91. The van der Waals surface area contributed by atoms with Gasteiger partial charge in [0, 0.05) is 17.3 Å². The summed E-state index contributed by atoms with van der Waals surface area (Å²) in [7, 11) is 0. The van der Waals surface area contributed by atoms with Gasteiger partial charge in [0.2, 0.25) is 5.69 Å². The molecule has 130 valence electrons. The molecule has 1 aromatic carbocycles. The summed E-state index contributed by atoms with van der Waals surface area (Å²) < 4.78 is 15.2. The minimum Gasteiger partial charge on any atom is -0.461 e. The van der Waals surface area contributed by atoms with E-state index in [0.717, 1.165) is 11.3 Å². The van der Waals surface area contributed by atoms with Gasteiger partial charge in [0.25, 0.3) is 5.71 Å². The van der Waals surface area contributed by atoms with Crippen molar-refractivity contribution in [1.82, 2.24) is 20.3 Å². The van der Waals surface area contributed by atoms with Crippen LogP contribution in [0.1, 0.15) is 17.4 Å². The van der Waals surface area contributed by atoms with Gasteiger partial charge in [-0.1, -0.05) is 10.3 Å². The average molecular weight is 351 g/mol. The van der Waals surface area contributed by atoms with Gasteiger partial charge in [0.15, 0.2) is 5.76 Å². The molecule has 4 rings (SSSR count). The fraction of sp³-hybridized carbons (Fsp3) is 0.118. The van der Waals surface area contributed by atoms with E-state index in [0.29, 0.717) is 17.0 Å². The van der Waals surface area contributed by atoms with E-state index >= 15 is 0 Å². The normalized spacial score (nSPS) is 10.8. The van der Waals surface area contributed by atoms with Crippen LogP contribution in [0.2, 0.25) is 0 Å². The predicted octanol–water partition coefficient (Wildman–Crippen LogP) is 3.19. The Kier molecular flexibility index (Phi) is 4.02. The molecule has 0 amide bonds. The second-order valence-electron chi connectivity index (χ2n) is 5.23. The first kappa shape index (κ1) is 15.8. The SMILES string of the molecule is CCOC(=O)c1noc2ncnc(Nc3ccc(-c4ccno4)cc3)c12. The van der Waals surface area contributed by atoms with Gasteiger partial charge < -0.3 is 19.1 Å². The number of aromatic nitrogens is 4. The Balaban J connectivity index is 1.66. The molecular formula is C17H13N5O4. The zero-order valence-electron chi connectivity index (χ0n) is 13.7. The van der Waals surface area contributed by atoms with Gasteiger partial charge in [-0.15, -0.1) is 0 Å². The number of carbonyl (C=O) groups is 1. The topological polar surface area (TPSA) is 116 Å². The molecule has 0 atom stereocenters. The molecule has 0 unspecified atom stereocenters. The number of nitrogens with zero attached hydrogens (tertiary/aromatic N) is 4. The van der Waals surface area contributed by atoms with Crippen molar-refractivity contribution in [2.45, 2.75) is 6.92 Å². The molecule has 3 heterocycles. The third kappa shape index (κ3) is 2.86. The number of carbonyl (C=O) groups excluding carboxylic acids is 1. The molecule has 0 fully saturated rings. The number of ether oxygens (including phenoxy) is 1. The molecule has 1 N–H and O–H groups in total. The van der Waals surface area contributed by atoms with E-state index in [2.05, 4.69) is 25.6 Å². The third-order valence-corrected chi connectivity index (χ3v) is 3.61. The average Bonchev–Trinajstić information content (AvgIpc) is 3.33. The molecule has 0 saturated carbocycles. The number of benzene rings is 1. The van der Waals surface area contributed by atoms with Crippen molar-refractivity contribution in [2.24, 2.45) is 0 Å². The molecule has 0 aliphatic rings. The fourth-order valence-corrected chi connectivity index (χ4v) is 2.44. The van der Waals surface area contributed by atoms with Crippen molar-refractivity contribution in [1.29, 1.82) is 0 Å². The summed E-state index contributed by atoms with van der Waals surface area (Å²) in [4.78, 5) is 20.2. The first-order chi connectivity index (χ1) is 12.8. The second kappa shape index (κ2) is 6.63. The van der Waals surface area contributed by atoms with E-state index in [1.54, 1.807) is 19.2 Å². The Bertz CT molecular complexity index is 1040. The molecule has 0 aliphatic heterocycles. The molecule has 0 radical (unpaired) electrons. The Morgan fingerprint density at radius 1 is 1.15 bits per heavy atom. The van der Waals surface area contributed by atoms with E-state index in [1.807, 2.05) is 24.3 Å². The van der Waals surface area contributed by atoms with Crippen LogP contribution in [0.4, 0.5) is 11.5 Å². The van der Waals surface area contributed by atoms with Crippen LogP contribution < -0.4 is 5.32 Å². The minimum absolute atomic E-state index is 0.0308. The van der Waals surface area contributed by atoms with Crippen molar-refractivity contribution in [2.75, 3.05) is 11.9 Å². The van der Waals surface area contributed by atoms with Gasteiger partial charge in [-0.2, -0.15) is 4.98 Å². The molecule has 9 nitrogen and oxygen atoms in total. The van der Waals surface area contributed by atoms with Crippen molar-refractivity contribution in [3.8, 4) is 11.3 Å². The van der Waals surface area contributed by atoms with Gasteiger partial charge in [0.1, 0.15) is 17.5 Å². The number of rotatable bonds is 5. The van der Waals surface area contributed by atoms with E-state index < -0.39 is 5.97 Å². The largest absolute Gasteiger partial charge is 0.461 e. The Morgan fingerprint density at radius 3 is 2.73 bits per heavy atom. The maximum Gasteiger partial charge on any atom is 0.361 e. The Labute approximate surface area is 147 Å². The number of hydrogen-bond donors (Lipinski definition) is 1. The van der Waals surface area contributed by atoms with E-state index in [4.69, 9.17) is 13.8 Å². The zero-order valence-corrected chi connectivity index (χ0v) is 13.7. The first-order valence-electron chi connectivity index (χ1n) is 7.82. The van der Waals surface area contributed by atoms with Crippen LogP contribution in [-0.2, 0) is 4.74 Å². The van der Waals surface area contributed by atoms with Gasteiger partial charge in [-0.25, -0.2) is 9.78 Å². The molecule has 26 heavy (non-hydrogen) atoms. The summed E-state index contributed by atoms with van der Waals surface area (Å²) in [5.74, 6) is 0.473. The Hall–Kier alpha value is -3.75. The molecule has 3 aromatic heterocycles. The Morgan fingerprint density at radius 2 is 2.00 bits per heavy atom. The van der Waals surface area contributed by atoms with E-state index in [9.17, 15) is 4.79 Å². The number of fused-ring (bicyclic) bond motifs is 1. The van der Waals surface area contributed by atoms with E-state index in [1.165, 1.54) is 6.33 Å². The summed E-state index contributed by atoms with van der Waals surface area (Å²) in [6.45, 7) is 1.94. The summed E-state index contributed by atoms with van der Waals surface area (Å²) in [6, 6.07) is 9.23. The number of esters is 1. The van der Waals surface area contributed by atoms with Gasteiger partial charge >= 0.3 is 5.97 Å². The highest BCUT2D eigenvalue weighted by atomic mass is 16.5. The van der Waals surface area contributed by atoms with Crippen molar-refractivity contribution >= 4 is 28.6 Å². The molecule has 9 heteroatoms. The fourth-order valence-electron chi connectivity index (χ4n) is 2.44. The quantitative estimate of drug-likeness (QED) is 0.541. The molecule has 0 spiro atoms. The lowest BCUT2D eigenvalue weighted by Gasteiger charge is -2.07. The first-order valence-corrected chi connectivity index (χ1v) is 7.82. The highest BCUT2D eigenvalue weighted by Crippen LogP contribution is 2.28. The molecule has 0 aliphatic carbocycles. The third-order valence-electron chi connectivity index (χ3n) is 3.61. The van der Waals surface area contributed by atoms with Crippen molar-refractivity contribution in [3.63, 3.8) is 0 Å². The van der Waals surface area contributed by atoms with Crippen LogP contribution >= 0.6 is 0 Å². The maximum atomic E-state index is 12.1. The smallest absolute Gasteiger partial charge is 0.361 e. The second-order valence-corrected chi connectivity index (χ2v) is 5.23. The summed E-state index contributed by atoms with van der Waals surface area (Å²) >= 11 is 0. The van der Waals surface area contributed by atoms with Crippen molar-refractivity contribution in [3.05, 3.63) is 48.5 Å². The summed E-state index contributed by atoms with van der Waals surface area (Å²) in [5.41, 5.74) is 1.87. The lowest BCUT2D eigenvalue weighted by molar-refractivity contribution is 0.0517. The molecule has 0 bridgehead atoms. The number of hydrogen-bond acceptors (Lipinski definition) is 9. The molecular weight excluding hydrogens is 338 g/mol. The van der Waals surface area contributed by atoms with Crippen molar-refractivity contribution < 1.29 is 18.6 Å². The van der Waals surface area contributed by atoms with Crippen LogP contribution in [0.25, 0.3) is 22.4 Å². The van der Waals surface area contributed by atoms with Gasteiger partial charge in [-0.3, -0.25) is 0 Å². The summed E-state index contributed by atoms with van der Waals surface area (Å²) in [5, 5.41) is 10.9. The minimum atomic E-state index is -0.593. The van der Waals surface area contributed by atoms with Gasteiger partial charge in [-0.05, 0) is 31.2 Å². The monoisotopic (exact) mass is 351 g/mol. The number of anilines is 2. The van der Waals surface area contributed by atoms with Crippen LogP contribution in [0.3, 0.4) is 0 Å². The number of nitrogens with one attached hydrogen (secondary N) is 1. The van der Waals surface area contributed by atoms with Crippen LogP contribution in [0, 0.1) is 0 Å².